The van der Waals surface area contributed by atoms with E-state index >= 15 is 0 Å². The molecule has 1 unspecified atom stereocenters. The molecule has 1 aromatic heterocycles. The summed E-state index contributed by atoms with van der Waals surface area (Å²) in [5.41, 5.74) is -0.121. The Hall–Kier alpha value is -2.31. The molecule has 2 amide bonds. The van der Waals surface area contributed by atoms with Gasteiger partial charge in [-0.05, 0) is 20.8 Å². The number of carboxylic acids is 1. The van der Waals surface area contributed by atoms with E-state index in [2.05, 4.69) is 10.6 Å². The van der Waals surface area contributed by atoms with Crippen LogP contribution in [0.4, 0.5) is 0 Å². The van der Waals surface area contributed by atoms with Gasteiger partial charge in [-0.15, -0.1) is 0 Å². The van der Waals surface area contributed by atoms with Crippen LogP contribution < -0.4 is 10.6 Å². The van der Waals surface area contributed by atoms with E-state index < -0.39 is 17.9 Å². The first-order valence-corrected chi connectivity index (χ1v) is 5.74. The van der Waals surface area contributed by atoms with Crippen molar-refractivity contribution in [2.24, 2.45) is 0 Å². The molecule has 0 saturated heterocycles. The van der Waals surface area contributed by atoms with E-state index in [4.69, 9.17) is 9.52 Å². The standard InChI is InChI=1S/C12H16N2O5/c1-6(2)13-10(15)7(3)14-11(16)9-4-8(5-19-9)12(17)18/h4-7H,1-3H3,(H,13,15)(H,14,16)(H,17,18). The van der Waals surface area contributed by atoms with Gasteiger partial charge in [0.25, 0.3) is 5.91 Å². The number of amides is 2. The van der Waals surface area contributed by atoms with Gasteiger partial charge in [0, 0.05) is 12.1 Å². The molecule has 104 valence electrons. The highest BCUT2D eigenvalue weighted by Crippen LogP contribution is 2.07. The summed E-state index contributed by atoms with van der Waals surface area (Å²) in [6.45, 7) is 5.13. The average molecular weight is 268 g/mol. The van der Waals surface area contributed by atoms with Crippen LogP contribution in [0.2, 0.25) is 0 Å². The highest BCUT2D eigenvalue weighted by Gasteiger charge is 2.20. The van der Waals surface area contributed by atoms with Crippen LogP contribution in [-0.2, 0) is 4.79 Å². The van der Waals surface area contributed by atoms with E-state index in [1.54, 1.807) is 13.8 Å². The van der Waals surface area contributed by atoms with Crippen molar-refractivity contribution in [1.82, 2.24) is 10.6 Å². The van der Waals surface area contributed by atoms with Crippen LogP contribution in [0.3, 0.4) is 0 Å². The van der Waals surface area contributed by atoms with Crippen molar-refractivity contribution < 1.29 is 23.9 Å². The summed E-state index contributed by atoms with van der Waals surface area (Å²) in [6, 6.07) is 0.326. The van der Waals surface area contributed by atoms with Crippen molar-refractivity contribution in [3.8, 4) is 0 Å². The zero-order chi connectivity index (χ0) is 14.6. The molecule has 0 bridgehead atoms. The summed E-state index contributed by atoms with van der Waals surface area (Å²) in [5, 5.41) is 13.8. The molecular formula is C12H16N2O5. The minimum absolute atomic E-state index is 0.0333. The first-order chi connectivity index (χ1) is 8.81. The van der Waals surface area contributed by atoms with Crippen molar-refractivity contribution in [3.05, 3.63) is 23.7 Å². The van der Waals surface area contributed by atoms with Crippen LogP contribution >= 0.6 is 0 Å². The zero-order valence-corrected chi connectivity index (χ0v) is 10.9. The van der Waals surface area contributed by atoms with E-state index in [-0.39, 0.29) is 23.3 Å². The van der Waals surface area contributed by atoms with Gasteiger partial charge in [0.2, 0.25) is 5.91 Å². The van der Waals surface area contributed by atoms with E-state index in [0.717, 1.165) is 12.3 Å². The van der Waals surface area contributed by atoms with Gasteiger partial charge in [0.1, 0.15) is 12.3 Å². The van der Waals surface area contributed by atoms with E-state index in [1.165, 1.54) is 6.92 Å². The van der Waals surface area contributed by atoms with Gasteiger partial charge >= 0.3 is 5.97 Å². The Morgan fingerprint density at radius 3 is 2.32 bits per heavy atom. The van der Waals surface area contributed by atoms with Crippen LogP contribution in [0.5, 0.6) is 0 Å². The zero-order valence-electron chi connectivity index (χ0n) is 10.9. The third kappa shape index (κ3) is 4.13. The fourth-order valence-electron chi connectivity index (χ4n) is 1.31. The van der Waals surface area contributed by atoms with Gasteiger partial charge < -0.3 is 20.2 Å². The Morgan fingerprint density at radius 1 is 1.21 bits per heavy atom. The average Bonchev–Trinajstić information content (AvgIpc) is 2.77. The lowest BCUT2D eigenvalue weighted by molar-refractivity contribution is -0.123. The van der Waals surface area contributed by atoms with Crippen LogP contribution in [-0.4, -0.2) is 35.0 Å². The molecule has 7 nitrogen and oxygen atoms in total. The summed E-state index contributed by atoms with van der Waals surface area (Å²) < 4.78 is 4.82. The normalized spacial score (nSPS) is 12.0. The number of hydrogen-bond acceptors (Lipinski definition) is 4. The number of rotatable bonds is 5. The molecule has 0 aromatic carbocycles. The van der Waals surface area contributed by atoms with Gasteiger partial charge in [0.15, 0.2) is 5.76 Å². The number of nitrogens with one attached hydrogen (secondary N) is 2. The van der Waals surface area contributed by atoms with E-state index in [9.17, 15) is 14.4 Å². The summed E-state index contributed by atoms with van der Waals surface area (Å²) >= 11 is 0. The second kappa shape index (κ2) is 6.03. The van der Waals surface area contributed by atoms with Gasteiger partial charge in [-0.1, -0.05) is 0 Å². The number of carbonyl (C=O) groups is 3. The molecule has 19 heavy (non-hydrogen) atoms. The minimum Gasteiger partial charge on any atom is -0.478 e. The highest BCUT2D eigenvalue weighted by atomic mass is 16.4. The number of furan rings is 1. The fourth-order valence-corrected chi connectivity index (χ4v) is 1.31. The molecule has 0 aliphatic carbocycles. The van der Waals surface area contributed by atoms with Crippen molar-refractivity contribution in [2.45, 2.75) is 32.9 Å². The first-order valence-electron chi connectivity index (χ1n) is 5.74. The second-order valence-corrected chi connectivity index (χ2v) is 4.36. The molecule has 3 N–H and O–H groups in total. The molecule has 0 spiro atoms. The first kappa shape index (κ1) is 14.7. The smallest absolute Gasteiger partial charge is 0.338 e. The molecule has 0 aliphatic rings. The summed E-state index contributed by atoms with van der Waals surface area (Å²) in [5.74, 6) is -2.30. The molecule has 7 heteroatoms. The van der Waals surface area contributed by atoms with Crippen molar-refractivity contribution in [1.29, 1.82) is 0 Å². The van der Waals surface area contributed by atoms with Crippen molar-refractivity contribution in [2.75, 3.05) is 0 Å². The molecule has 1 aromatic rings. The van der Waals surface area contributed by atoms with Crippen molar-refractivity contribution in [3.63, 3.8) is 0 Å². The number of aromatic carboxylic acids is 1. The molecule has 1 atom stereocenters. The molecule has 0 aliphatic heterocycles. The summed E-state index contributed by atoms with van der Waals surface area (Å²) in [4.78, 5) is 33.9. The van der Waals surface area contributed by atoms with Crippen LogP contribution in [0.25, 0.3) is 0 Å². The quantitative estimate of drug-likeness (QED) is 0.725. The molecule has 0 fully saturated rings. The Balaban J connectivity index is 2.63. The highest BCUT2D eigenvalue weighted by molar-refractivity contribution is 5.97. The van der Waals surface area contributed by atoms with Crippen LogP contribution in [0, 0.1) is 0 Å². The van der Waals surface area contributed by atoms with Gasteiger partial charge in [-0.3, -0.25) is 9.59 Å². The maximum atomic E-state index is 11.7. The maximum absolute atomic E-state index is 11.7. The molecule has 1 heterocycles. The van der Waals surface area contributed by atoms with E-state index in [1.807, 2.05) is 0 Å². The molecule has 0 radical (unpaired) electrons. The molecule has 1 rings (SSSR count). The second-order valence-electron chi connectivity index (χ2n) is 4.36. The van der Waals surface area contributed by atoms with Crippen molar-refractivity contribution >= 4 is 17.8 Å². The third-order valence-electron chi connectivity index (χ3n) is 2.24. The predicted molar refractivity (Wildman–Crippen MR) is 65.9 cm³/mol. The number of hydrogen-bond donors (Lipinski definition) is 3. The SMILES string of the molecule is CC(C)NC(=O)C(C)NC(=O)c1cc(C(=O)O)co1. The Morgan fingerprint density at radius 2 is 1.84 bits per heavy atom. The summed E-state index contributed by atoms with van der Waals surface area (Å²) in [6.07, 6.45) is 0.968. The largest absolute Gasteiger partial charge is 0.478 e. The van der Waals surface area contributed by atoms with Gasteiger partial charge in [0.05, 0.1) is 5.56 Å². The molecule has 0 saturated carbocycles. The van der Waals surface area contributed by atoms with Crippen LogP contribution in [0.15, 0.2) is 16.7 Å². The lowest BCUT2D eigenvalue weighted by Crippen LogP contribution is -2.46. The third-order valence-corrected chi connectivity index (χ3v) is 2.24. The lowest BCUT2D eigenvalue weighted by Gasteiger charge is -2.15. The van der Waals surface area contributed by atoms with E-state index in [0.29, 0.717) is 0 Å². The van der Waals surface area contributed by atoms with Crippen LogP contribution in [0.1, 0.15) is 41.7 Å². The Labute approximate surface area is 110 Å². The Kier molecular flexibility index (Phi) is 4.68. The predicted octanol–water partition coefficient (Wildman–Crippen LogP) is 0.621. The lowest BCUT2D eigenvalue weighted by atomic mass is 10.2. The fraction of sp³-hybridized carbons (Fsp3) is 0.417. The number of carbonyl (C=O) groups excluding carboxylic acids is 2. The number of carboxylic acid groups (broad SMARTS) is 1. The topological polar surface area (TPSA) is 109 Å². The summed E-state index contributed by atoms with van der Waals surface area (Å²) in [7, 11) is 0. The monoisotopic (exact) mass is 268 g/mol. The van der Waals surface area contributed by atoms with Gasteiger partial charge in [-0.25, -0.2) is 4.79 Å². The minimum atomic E-state index is -1.19. The maximum Gasteiger partial charge on any atom is 0.338 e. The van der Waals surface area contributed by atoms with Gasteiger partial charge in [-0.2, -0.15) is 0 Å². The Bertz CT molecular complexity index is 492. The molecular weight excluding hydrogens is 252 g/mol.